The molecule has 2 aromatic rings. The molecule has 1 aliphatic carbocycles. The lowest BCUT2D eigenvalue weighted by atomic mass is 10.1. The van der Waals surface area contributed by atoms with E-state index in [1.807, 2.05) is 12.1 Å². The van der Waals surface area contributed by atoms with Gasteiger partial charge in [0.15, 0.2) is 5.58 Å². The van der Waals surface area contributed by atoms with E-state index < -0.39 is 5.76 Å². The highest BCUT2D eigenvalue weighted by Crippen LogP contribution is 2.24. The highest BCUT2D eigenvalue weighted by molar-refractivity contribution is 5.74. The lowest BCUT2D eigenvalue weighted by Gasteiger charge is -2.12. The molecular formula is C16H21N3O4. The molecule has 0 saturated heterocycles. The fourth-order valence-electron chi connectivity index (χ4n) is 3.04. The fourth-order valence-corrected chi connectivity index (χ4v) is 3.04. The second-order valence-electron chi connectivity index (χ2n) is 5.96. The minimum atomic E-state index is -0.423. The number of aliphatic hydroxyl groups is 1. The lowest BCUT2D eigenvalue weighted by molar-refractivity contribution is 0.177. The van der Waals surface area contributed by atoms with Crippen LogP contribution in [0.1, 0.15) is 19.3 Å². The molecule has 1 heterocycles. The number of aromatic nitrogens is 1. The molecule has 7 heteroatoms. The van der Waals surface area contributed by atoms with Crippen molar-refractivity contribution in [3.05, 3.63) is 34.8 Å². The van der Waals surface area contributed by atoms with Gasteiger partial charge >= 0.3 is 11.8 Å². The molecule has 2 amide bonds. The zero-order valence-electron chi connectivity index (χ0n) is 12.8. The third-order valence-corrected chi connectivity index (χ3v) is 4.26. The number of benzene rings is 1. The van der Waals surface area contributed by atoms with Crippen LogP contribution in [0.25, 0.3) is 11.1 Å². The summed E-state index contributed by atoms with van der Waals surface area (Å²) in [6.45, 7) is 1.26. The van der Waals surface area contributed by atoms with Crippen LogP contribution in [0, 0.1) is 5.92 Å². The number of urea groups is 1. The van der Waals surface area contributed by atoms with E-state index in [0.717, 1.165) is 24.8 Å². The maximum atomic E-state index is 11.8. The van der Waals surface area contributed by atoms with E-state index in [1.165, 1.54) is 4.57 Å². The van der Waals surface area contributed by atoms with Crippen LogP contribution in [0.2, 0.25) is 0 Å². The van der Waals surface area contributed by atoms with E-state index in [4.69, 9.17) is 4.42 Å². The van der Waals surface area contributed by atoms with Crippen molar-refractivity contribution in [2.45, 2.75) is 31.9 Å². The van der Waals surface area contributed by atoms with Crippen molar-refractivity contribution >= 4 is 17.1 Å². The summed E-state index contributed by atoms with van der Waals surface area (Å²) in [4.78, 5) is 23.6. The van der Waals surface area contributed by atoms with Crippen LogP contribution in [0.4, 0.5) is 4.79 Å². The maximum absolute atomic E-state index is 11.8. The molecule has 2 atom stereocenters. The van der Waals surface area contributed by atoms with Crippen molar-refractivity contribution < 1.29 is 14.3 Å². The Morgan fingerprint density at radius 1 is 1.30 bits per heavy atom. The number of carbonyl (C=O) groups excluding carboxylic acids is 1. The van der Waals surface area contributed by atoms with E-state index in [0.29, 0.717) is 31.1 Å². The highest BCUT2D eigenvalue weighted by Gasteiger charge is 2.22. The summed E-state index contributed by atoms with van der Waals surface area (Å²) >= 11 is 0. The first-order chi connectivity index (χ1) is 11.1. The summed E-state index contributed by atoms with van der Waals surface area (Å²) in [7, 11) is 0. The van der Waals surface area contributed by atoms with E-state index >= 15 is 0 Å². The Bertz CT molecular complexity index is 736. The fraction of sp³-hybridized carbons (Fsp3) is 0.500. The second kappa shape index (κ2) is 6.87. The van der Waals surface area contributed by atoms with Gasteiger partial charge in [-0.2, -0.15) is 0 Å². The normalized spacial score (nSPS) is 20.7. The molecule has 23 heavy (non-hydrogen) atoms. The minimum Gasteiger partial charge on any atom is -0.408 e. The van der Waals surface area contributed by atoms with Gasteiger partial charge < -0.3 is 20.2 Å². The first-order valence-corrected chi connectivity index (χ1v) is 7.91. The molecule has 1 saturated carbocycles. The summed E-state index contributed by atoms with van der Waals surface area (Å²) in [5.74, 6) is -0.0791. The molecule has 124 valence electrons. The van der Waals surface area contributed by atoms with Crippen molar-refractivity contribution in [1.82, 2.24) is 15.2 Å². The molecule has 0 unspecified atom stereocenters. The number of nitrogens with zero attached hydrogens (tertiary/aromatic N) is 1. The maximum Gasteiger partial charge on any atom is 0.420 e. The summed E-state index contributed by atoms with van der Waals surface area (Å²) < 4.78 is 6.64. The van der Waals surface area contributed by atoms with Gasteiger partial charge in [0.05, 0.1) is 11.6 Å². The number of nitrogens with one attached hydrogen (secondary N) is 2. The minimum absolute atomic E-state index is 0.230. The summed E-state index contributed by atoms with van der Waals surface area (Å²) in [5, 5.41) is 15.0. The number of aliphatic hydroxyl groups excluding tert-OH is 1. The van der Waals surface area contributed by atoms with Crippen LogP contribution in [-0.4, -0.2) is 34.9 Å². The van der Waals surface area contributed by atoms with Gasteiger partial charge in [-0.05, 0) is 37.3 Å². The van der Waals surface area contributed by atoms with Crippen LogP contribution >= 0.6 is 0 Å². The number of para-hydroxylation sites is 2. The lowest BCUT2D eigenvalue weighted by Crippen LogP contribution is -2.39. The molecule has 3 rings (SSSR count). The monoisotopic (exact) mass is 319 g/mol. The summed E-state index contributed by atoms with van der Waals surface area (Å²) in [5.41, 5.74) is 1.27. The Labute approximate surface area is 133 Å². The average molecular weight is 319 g/mol. The van der Waals surface area contributed by atoms with E-state index in [9.17, 15) is 14.7 Å². The Hall–Kier alpha value is -2.28. The van der Waals surface area contributed by atoms with Crippen molar-refractivity contribution in [2.24, 2.45) is 5.92 Å². The number of hydrogen-bond donors (Lipinski definition) is 3. The van der Waals surface area contributed by atoms with Crippen LogP contribution in [-0.2, 0) is 6.54 Å². The van der Waals surface area contributed by atoms with Gasteiger partial charge in [-0.15, -0.1) is 0 Å². The largest absolute Gasteiger partial charge is 0.420 e. The molecule has 0 bridgehead atoms. The van der Waals surface area contributed by atoms with Crippen LogP contribution in [0.15, 0.2) is 33.5 Å². The Morgan fingerprint density at radius 3 is 2.91 bits per heavy atom. The number of hydrogen-bond acceptors (Lipinski definition) is 4. The number of carbonyl (C=O) groups is 1. The van der Waals surface area contributed by atoms with Crippen LogP contribution in [0.3, 0.4) is 0 Å². The molecule has 1 fully saturated rings. The second-order valence-corrected chi connectivity index (χ2v) is 5.96. The van der Waals surface area contributed by atoms with Gasteiger partial charge in [-0.25, -0.2) is 9.59 Å². The molecular weight excluding hydrogens is 298 g/mol. The Kier molecular flexibility index (Phi) is 4.66. The predicted molar refractivity (Wildman–Crippen MR) is 85.2 cm³/mol. The average Bonchev–Trinajstić information content (AvgIpc) is 3.09. The SMILES string of the molecule is O=C(NCCn1c(=O)oc2ccccc21)NC[C@@H]1CC[C@@H](O)C1. The van der Waals surface area contributed by atoms with Crippen molar-refractivity contribution in [3.8, 4) is 0 Å². The van der Waals surface area contributed by atoms with Crippen LogP contribution in [0.5, 0.6) is 0 Å². The highest BCUT2D eigenvalue weighted by atomic mass is 16.4. The van der Waals surface area contributed by atoms with Crippen molar-refractivity contribution in [2.75, 3.05) is 13.1 Å². The van der Waals surface area contributed by atoms with Gasteiger partial charge in [0.1, 0.15) is 0 Å². The number of oxazole rings is 1. The summed E-state index contributed by atoms with van der Waals surface area (Å²) in [6.07, 6.45) is 2.27. The van der Waals surface area contributed by atoms with Gasteiger partial charge in [0.25, 0.3) is 0 Å². The van der Waals surface area contributed by atoms with Gasteiger partial charge in [-0.3, -0.25) is 4.57 Å². The molecule has 7 nitrogen and oxygen atoms in total. The van der Waals surface area contributed by atoms with Crippen molar-refractivity contribution in [3.63, 3.8) is 0 Å². The topological polar surface area (TPSA) is 96.5 Å². The number of rotatable bonds is 5. The molecule has 0 aliphatic heterocycles. The standard InChI is InChI=1S/C16H21N3O4/c20-12-6-5-11(9-12)10-18-15(21)17-7-8-19-13-3-1-2-4-14(13)23-16(19)22/h1-4,11-12,20H,5-10H2,(H2,17,18,21)/t11-,12-/m1/s1. The van der Waals surface area contributed by atoms with Gasteiger partial charge in [0.2, 0.25) is 0 Å². The van der Waals surface area contributed by atoms with E-state index in [-0.39, 0.29) is 12.1 Å². The molecule has 3 N–H and O–H groups in total. The zero-order chi connectivity index (χ0) is 16.2. The molecule has 1 aliphatic rings. The van der Waals surface area contributed by atoms with Crippen molar-refractivity contribution in [1.29, 1.82) is 0 Å². The molecule has 0 radical (unpaired) electrons. The smallest absolute Gasteiger partial charge is 0.408 e. The van der Waals surface area contributed by atoms with Gasteiger partial charge in [-0.1, -0.05) is 12.1 Å². The molecule has 1 aromatic heterocycles. The molecule has 0 spiro atoms. The Balaban J connectivity index is 1.46. The summed E-state index contributed by atoms with van der Waals surface area (Å²) in [6, 6.07) is 6.94. The predicted octanol–water partition coefficient (Wildman–Crippen LogP) is 1.05. The zero-order valence-corrected chi connectivity index (χ0v) is 12.8. The Morgan fingerprint density at radius 2 is 2.13 bits per heavy atom. The first-order valence-electron chi connectivity index (χ1n) is 7.91. The van der Waals surface area contributed by atoms with E-state index in [1.54, 1.807) is 12.1 Å². The number of fused-ring (bicyclic) bond motifs is 1. The molecule has 1 aromatic carbocycles. The third kappa shape index (κ3) is 3.73. The van der Waals surface area contributed by atoms with E-state index in [2.05, 4.69) is 10.6 Å². The quantitative estimate of drug-likeness (QED) is 0.767. The van der Waals surface area contributed by atoms with Gasteiger partial charge in [0, 0.05) is 19.6 Å². The van der Waals surface area contributed by atoms with Crippen LogP contribution < -0.4 is 16.4 Å². The number of amides is 2. The first kappa shape index (κ1) is 15.6. The third-order valence-electron chi connectivity index (χ3n) is 4.26.